The Morgan fingerprint density at radius 2 is 1.90 bits per heavy atom. The SMILES string of the molecule is CCOCCCNC(=NCc1ccc([N+](=O)[O-])cc1)NCCCN1CCCCCC1=O. The van der Waals surface area contributed by atoms with Crippen molar-refractivity contribution < 1.29 is 14.5 Å². The molecular formula is C22H35N5O4. The maximum Gasteiger partial charge on any atom is 0.269 e. The minimum Gasteiger partial charge on any atom is -0.382 e. The van der Waals surface area contributed by atoms with Gasteiger partial charge in [-0.05, 0) is 38.2 Å². The molecule has 0 radical (unpaired) electrons. The predicted octanol–water partition coefficient (Wildman–Crippen LogP) is 2.85. The van der Waals surface area contributed by atoms with Crippen molar-refractivity contribution in [1.82, 2.24) is 15.5 Å². The molecule has 0 aromatic heterocycles. The van der Waals surface area contributed by atoms with Gasteiger partial charge in [-0.25, -0.2) is 4.99 Å². The lowest BCUT2D eigenvalue weighted by Crippen LogP contribution is -2.40. The van der Waals surface area contributed by atoms with Crippen molar-refractivity contribution in [2.24, 2.45) is 4.99 Å². The van der Waals surface area contributed by atoms with E-state index in [9.17, 15) is 14.9 Å². The van der Waals surface area contributed by atoms with Gasteiger partial charge in [0.1, 0.15) is 0 Å². The summed E-state index contributed by atoms with van der Waals surface area (Å²) in [7, 11) is 0. The van der Waals surface area contributed by atoms with E-state index in [2.05, 4.69) is 15.6 Å². The summed E-state index contributed by atoms with van der Waals surface area (Å²) in [6.07, 6.45) is 5.60. The highest BCUT2D eigenvalue weighted by Gasteiger charge is 2.15. The molecule has 9 nitrogen and oxygen atoms in total. The number of carbonyl (C=O) groups is 1. The number of nitrogens with zero attached hydrogens (tertiary/aromatic N) is 3. The molecule has 2 N–H and O–H groups in total. The van der Waals surface area contributed by atoms with Gasteiger partial charge in [0, 0.05) is 57.9 Å². The van der Waals surface area contributed by atoms with Crippen LogP contribution < -0.4 is 10.6 Å². The molecular weight excluding hydrogens is 398 g/mol. The van der Waals surface area contributed by atoms with Crippen molar-refractivity contribution in [2.75, 3.05) is 39.4 Å². The first kappa shape index (κ1) is 24.6. The van der Waals surface area contributed by atoms with Crippen LogP contribution in [0.4, 0.5) is 5.69 Å². The molecule has 1 saturated heterocycles. The number of rotatable bonds is 12. The normalized spacial score (nSPS) is 14.9. The lowest BCUT2D eigenvalue weighted by Gasteiger charge is -2.21. The summed E-state index contributed by atoms with van der Waals surface area (Å²) in [5, 5.41) is 17.4. The fraction of sp³-hybridized carbons (Fsp3) is 0.636. The van der Waals surface area contributed by atoms with Gasteiger partial charge in [0.15, 0.2) is 5.96 Å². The zero-order valence-electron chi connectivity index (χ0n) is 18.5. The van der Waals surface area contributed by atoms with Gasteiger partial charge >= 0.3 is 0 Å². The number of hydrogen-bond donors (Lipinski definition) is 2. The fourth-order valence-corrected chi connectivity index (χ4v) is 3.34. The average Bonchev–Trinajstić information content (AvgIpc) is 2.98. The number of carbonyl (C=O) groups excluding carboxylic acids is 1. The lowest BCUT2D eigenvalue weighted by atomic mass is 10.2. The number of amides is 1. The highest BCUT2D eigenvalue weighted by molar-refractivity contribution is 5.79. The minimum absolute atomic E-state index is 0.0724. The Hall–Kier alpha value is -2.68. The number of ether oxygens (including phenoxy) is 1. The first-order valence-electron chi connectivity index (χ1n) is 11.2. The van der Waals surface area contributed by atoms with E-state index in [1.807, 2.05) is 11.8 Å². The topological polar surface area (TPSA) is 109 Å². The summed E-state index contributed by atoms with van der Waals surface area (Å²) < 4.78 is 5.37. The molecule has 0 spiro atoms. The number of nitrogens with one attached hydrogen (secondary N) is 2. The Labute approximate surface area is 184 Å². The van der Waals surface area contributed by atoms with Gasteiger partial charge in [-0.15, -0.1) is 0 Å². The number of nitro benzene ring substituents is 1. The molecule has 1 heterocycles. The molecule has 2 rings (SSSR count). The molecule has 0 saturated carbocycles. The van der Waals surface area contributed by atoms with Gasteiger partial charge in [-0.1, -0.05) is 18.6 Å². The number of non-ortho nitro benzene ring substituents is 1. The number of hydrogen-bond acceptors (Lipinski definition) is 5. The van der Waals surface area contributed by atoms with E-state index in [0.717, 1.165) is 57.3 Å². The zero-order chi connectivity index (χ0) is 22.3. The van der Waals surface area contributed by atoms with E-state index < -0.39 is 4.92 Å². The van der Waals surface area contributed by atoms with E-state index in [1.165, 1.54) is 12.1 Å². The van der Waals surface area contributed by atoms with E-state index in [-0.39, 0.29) is 11.6 Å². The van der Waals surface area contributed by atoms with E-state index in [1.54, 1.807) is 12.1 Å². The second-order valence-electron chi connectivity index (χ2n) is 7.54. The molecule has 1 aromatic rings. The number of guanidine groups is 1. The molecule has 1 aromatic carbocycles. The van der Waals surface area contributed by atoms with Crippen LogP contribution in [-0.4, -0.2) is 61.1 Å². The molecule has 1 aliphatic heterocycles. The summed E-state index contributed by atoms with van der Waals surface area (Å²) in [4.78, 5) is 29.1. The second kappa shape index (κ2) is 14.3. The molecule has 0 atom stereocenters. The van der Waals surface area contributed by atoms with Crippen LogP contribution in [0.5, 0.6) is 0 Å². The summed E-state index contributed by atoms with van der Waals surface area (Å²) in [6, 6.07) is 6.43. The van der Waals surface area contributed by atoms with Gasteiger partial charge in [-0.3, -0.25) is 14.9 Å². The van der Waals surface area contributed by atoms with Gasteiger partial charge in [0.25, 0.3) is 5.69 Å². The third-order valence-electron chi connectivity index (χ3n) is 5.10. The molecule has 31 heavy (non-hydrogen) atoms. The highest BCUT2D eigenvalue weighted by atomic mass is 16.6. The Morgan fingerprint density at radius 3 is 2.61 bits per heavy atom. The highest BCUT2D eigenvalue weighted by Crippen LogP contribution is 2.13. The van der Waals surface area contributed by atoms with Crippen LogP contribution in [0.2, 0.25) is 0 Å². The van der Waals surface area contributed by atoms with Crippen molar-refractivity contribution >= 4 is 17.6 Å². The van der Waals surface area contributed by atoms with Crippen molar-refractivity contribution in [2.45, 2.75) is 52.0 Å². The summed E-state index contributed by atoms with van der Waals surface area (Å²) in [5.74, 6) is 0.954. The second-order valence-corrected chi connectivity index (χ2v) is 7.54. The lowest BCUT2D eigenvalue weighted by molar-refractivity contribution is -0.384. The summed E-state index contributed by atoms with van der Waals surface area (Å²) in [5.41, 5.74) is 0.972. The van der Waals surface area contributed by atoms with Crippen molar-refractivity contribution in [1.29, 1.82) is 0 Å². The van der Waals surface area contributed by atoms with E-state index in [4.69, 9.17) is 4.74 Å². The van der Waals surface area contributed by atoms with Gasteiger partial charge in [0.05, 0.1) is 11.5 Å². The Morgan fingerprint density at radius 1 is 1.16 bits per heavy atom. The number of likely N-dealkylation sites (tertiary alicyclic amines) is 1. The molecule has 172 valence electrons. The number of aliphatic imine (C=N–C) groups is 1. The molecule has 1 amide bonds. The summed E-state index contributed by atoms with van der Waals surface area (Å²) >= 11 is 0. The van der Waals surface area contributed by atoms with E-state index >= 15 is 0 Å². The molecule has 0 bridgehead atoms. The summed E-state index contributed by atoms with van der Waals surface area (Å²) in [6.45, 7) is 6.84. The molecule has 1 fully saturated rings. The molecule has 0 aliphatic carbocycles. The van der Waals surface area contributed by atoms with Crippen LogP contribution in [0.25, 0.3) is 0 Å². The third-order valence-corrected chi connectivity index (χ3v) is 5.10. The third kappa shape index (κ3) is 9.78. The van der Waals surface area contributed by atoms with Crippen LogP contribution in [-0.2, 0) is 16.1 Å². The Kier molecular flexibility index (Phi) is 11.4. The first-order chi connectivity index (χ1) is 15.1. The molecule has 9 heteroatoms. The first-order valence-corrected chi connectivity index (χ1v) is 11.2. The van der Waals surface area contributed by atoms with Crippen molar-refractivity contribution in [3.8, 4) is 0 Å². The van der Waals surface area contributed by atoms with Gasteiger partial charge in [0.2, 0.25) is 5.91 Å². The van der Waals surface area contributed by atoms with Crippen LogP contribution >= 0.6 is 0 Å². The zero-order valence-corrected chi connectivity index (χ0v) is 18.5. The van der Waals surface area contributed by atoms with Gasteiger partial charge in [-0.2, -0.15) is 0 Å². The van der Waals surface area contributed by atoms with Gasteiger partial charge < -0.3 is 20.3 Å². The van der Waals surface area contributed by atoms with Crippen LogP contribution in [0.1, 0.15) is 51.0 Å². The largest absolute Gasteiger partial charge is 0.382 e. The maximum atomic E-state index is 12.1. The number of nitro groups is 1. The molecule has 1 aliphatic rings. The van der Waals surface area contributed by atoms with Crippen LogP contribution in [0.3, 0.4) is 0 Å². The quantitative estimate of drug-likeness (QED) is 0.172. The Bertz CT molecular complexity index is 708. The fourth-order valence-electron chi connectivity index (χ4n) is 3.34. The smallest absolute Gasteiger partial charge is 0.269 e. The Balaban J connectivity index is 1.83. The maximum absolute atomic E-state index is 12.1. The van der Waals surface area contributed by atoms with Crippen LogP contribution in [0, 0.1) is 10.1 Å². The minimum atomic E-state index is -0.408. The standard InChI is InChI=1S/C22H35N5O4/c1-2-31-17-7-14-24-22(25-18-19-9-11-20(12-10-19)27(29)30)23-13-6-16-26-15-5-3-4-8-21(26)28/h9-12H,2-8,13-18H2,1H3,(H2,23,24,25). The average molecular weight is 434 g/mol. The van der Waals surface area contributed by atoms with Crippen LogP contribution in [0.15, 0.2) is 29.3 Å². The van der Waals surface area contributed by atoms with Crippen molar-refractivity contribution in [3.05, 3.63) is 39.9 Å². The number of benzene rings is 1. The van der Waals surface area contributed by atoms with E-state index in [0.29, 0.717) is 38.7 Å². The monoisotopic (exact) mass is 433 g/mol. The van der Waals surface area contributed by atoms with Crippen molar-refractivity contribution in [3.63, 3.8) is 0 Å². The predicted molar refractivity (Wildman–Crippen MR) is 121 cm³/mol. The molecule has 0 unspecified atom stereocenters.